The lowest BCUT2D eigenvalue weighted by Crippen LogP contribution is -2.15. The largest absolute Gasteiger partial charge is 0.489 e. The molecular formula is C20H19N3O4S2. The molecule has 2 N–H and O–H groups in total. The molecule has 4 rings (SSSR count). The molecule has 1 aliphatic rings. The number of benzene rings is 2. The van der Waals surface area contributed by atoms with E-state index < -0.39 is 10.0 Å². The van der Waals surface area contributed by atoms with Gasteiger partial charge < -0.3 is 10.1 Å². The Morgan fingerprint density at radius 2 is 1.90 bits per heavy atom. The number of carbonyl (C=O) groups is 1. The normalized spacial score (nSPS) is 18.0. The van der Waals surface area contributed by atoms with Crippen LogP contribution in [0.15, 0.2) is 58.9 Å². The molecule has 2 aromatic carbocycles. The van der Waals surface area contributed by atoms with E-state index in [1.54, 1.807) is 23.6 Å². The van der Waals surface area contributed by atoms with Gasteiger partial charge in [-0.1, -0.05) is 19.1 Å². The van der Waals surface area contributed by atoms with Gasteiger partial charge in [-0.25, -0.2) is 13.4 Å². The van der Waals surface area contributed by atoms with Crippen LogP contribution in [0.4, 0.5) is 10.8 Å². The Hall–Kier alpha value is -2.91. The zero-order valence-corrected chi connectivity index (χ0v) is 17.4. The van der Waals surface area contributed by atoms with Crippen LogP contribution in [-0.4, -0.2) is 25.4 Å². The minimum absolute atomic E-state index is 0.00813. The predicted molar refractivity (Wildman–Crippen MR) is 112 cm³/mol. The maximum Gasteiger partial charge on any atom is 0.263 e. The van der Waals surface area contributed by atoms with E-state index in [1.807, 2.05) is 19.1 Å². The van der Waals surface area contributed by atoms with Crippen molar-refractivity contribution >= 4 is 38.1 Å². The lowest BCUT2D eigenvalue weighted by molar-refractivity contribution is 0.102. The van der Waals surface area contributed by atoms with Crippen LogP contribution in [0.5, 0.6) is 5.75 Å². The van der Waals surface area contributed by atoms with Gasteiger partial charge in [0.25, 0.3) is 15.9 Å². The third-order valence-electron chi connectivity index (χ3n) is 4.87. The van der Waals surface area contributed by atoms with E-state index in [0.29, 0.717) is 22.1 Å². The molecule has 9 heteroatoms. The predicted octanol–water partition coefficient (Wildman–Crippen LogP) is 4.08. The molecule has 1 amide bonds. The summed E-state index contributed by atoms with van der Waals surface area (Å²) in [5.74, 6) is 0.518. The minimum atomic E-state index is -3.74. The van der Waals surface area contributed by atoms with E-state index in [4.69, 9.17) is 4.74 Å². The summed E-state index contributed by atoms with van der Waals surface area (Å²) in [6.45, 7) is 4.04. The average molecular weight is 430 g/mol. The molecule has 0 bridgehead atoms. The zero-order chi connectivity index (χ0) is 20.6. The monoisotopic (exact) mass is 429 g/mol. The van der Waals surface area contributed by atoms with Crippen molar-refractivity contribution in [3.05, 3.63) is 65.2 Å². The zero-order valence-electron chi connectivity index (χ0n) is 15.7. The average Bonchev–Trinajstić information content (AvgIpc) is 3.30. The van der Waals surface area contributed by atoms with Crippen molar-refractivity contribution in [2.75, 3.05) is 10.0 Å². The Kier molecular flexibility index (Phi) is 5.01. The number of fused-ring (bicyclic) bond motifs is 1. The molecule has 1 aliphatic heterocycles. The smallest absolute Gasteiger partial charge is 0.263 e. The molecule has 0 saturated heterocycles. The van der Waals surface area contributed by atoms with Gasteiger partial charge in [-0.3, -0.25) is 9.52 Å². The molecule has 0 unspecified atom stereocenters. The standard InChI is InChI=1S/C20H19N3O4S2/c1-12-13(2)27-18-16(12)4-3-5-17(18)19(24)22-14-6-8-15(9-7-14)29(25,26)23-20-21-10-11-28-20/h3-13H,1-2H3,(H,21,23)(H,22,24)/t12-,13-/m1/s1. The highest BCUT2D eigenvalue weighted by molar-refractivity contribution is 7.93. The molecule has 2 heterocycles. The van der Waals surface area contributed by atoms with Crippen molar-refractivity contribution in [1.29, 1.82) is 0 Å². The van der Waals surface area contributed by atoms with Crippen LogP contribution in [0.3, 0.4) is 0 Å². The summed E-state index contributed by atoms with van der Waals surface area (Å²) in [5, 5.41) is 4.78. The molecule has 0 saturated carbocycles. The number of ether oxygens (including phenoxy) is 1. The molecule has 29 heavy (non-hydrogen) atoms. The molecule has 150 valence electrons. The first-order valence-corrected chi connectivity index (χ1v) is 11.3. The molecular weight excluding hydrogens is 410 g/mol. The highest BCUT2D eigenvalue weighted by Gasteiger charge is 2.31. The number of nitrogens with one attached hydrogen (secondary N) is 2. The lowest BCUT2D eigenvalue weighted by Gasteiger charge is -2.11. The topological polar surface area (TPSA) is 97.4 Å². The van der Waals surface area contributed by atoms with Crippen LogP contribution < -0.4 is 14.8 Å². The van der Waals surface area contributed by atoms with Gasteiger partial charge in [0.1, 0.15) is 11.9 Å². The molecule has 1 aromatic heterocycles. The van der Waals surface area contributed by atoms with Crippen LogP contribution >= 0.6 is 11.3 Å². The number of hydrogen-bond acceptors (Lipinski definition) is 6. The van der Waals surface area contributed by atoms with Gasteiger partial charge in [-0.2, -0.15) is 0 Å². The lowest BCUT2D eigenvalue weighted by atomic mass is 9.97. The van der Waals surface area contributed by atoms with Gasteiger partial charge in [0.15, 0.2) is 5.13 Å². The second-order valence-corrected chi connectivity index (χ2v) is 9.33. The number of anilines is 2. The Labute approximate surface area is 172 Å². The van der Waals surface area contributed by atoms with Crippen molar-refractivity contribution in [3.63, 3.8) is 0 Å². The van der Waals surface area contributed by atoms with E-state index in [2.05, 4.69) is 21.9 Å². The molecule has 7 nitrogen and oxygen atoms in total. The first-order valence-electron chi connectivity index (χ1n) is 8.98. The number of aromatic nitrogens is 1. The summed E-state index contributed by atoms with van der Waals surface area (Å²) in [6.07, 6.45) is 1.53. The Balaban J connectivity index is 1.51. The van der Waals surface area contributed by atoms with Gasteiger partial charge in [-0.05, 0) is 37.3 Å². The Bertz CT molecular complexity index is 1140. The SMILES string of the molecule is C[C@H]1Oc2c(C(=O)Nc3ccc(S(=O)(=O)Nc4nccs4)cc3)cccc2[C@@H]1C. The third-order valence-corrected chi connectivity index (χ3v) is 7.04. The number of hydrogen-bond donors (Lipinski definition) is 2. The number of amides is 1. The highest BCUT2D eigenvalue weighted by atomic mass is 32.2. The van der Waals surface area contributed by atoms with Crippen LogP contribution in [0.25, 0.3) is 0 Å². The van der Waals surface area contributed by atoms with E-state index in [0.717, 1.165) is 5.56 Å². The van der Waals surface area contributed by atoms with Crippen molar-refractivity contribution in [2.45, 2.75) is 30.8 Å². The number of rotatable bonds is 5. The fourth-order valence-corrected chi connectivity index (χ4v) is 4.92. The summed E-state index contributed by atoms with van der Waals surface area (Å²) in [7, 11) is -3.74. The van der Waals surface area contributed by atoms with E-state index in [1.165, 1.54) is 29.7 Å². The second kappa shape index (κ2) is 7.49. The quantitative estimate of drug-likeness (QED) is 0.637. The summed E-state index contributed by atoms with van der Waals surface area (Å²) in [4.78, 5) is 16.7. The van der Waals surface area contributed by atoms with E-state index >= 15 is 0 Å². The van der Waals surface area contributed by atoms with Gasteiger partial charge >= 0.3 is 0 Å². The number of carbonyl (C=O) groups excluding carboxylic acids is 1. The van der Waals surface area contributed by atoms with Crippen LogP contribution in [0, 0.1) is 0 Å². The highest BCUT2D eigenvalue weighted by Crippen LogP contribution is 2.40. The molecule has 0 spiro atoms. The summed E-state index contributed by atoms with van der Waals surface area (Å²) in [5.41, 5.74) is 1.96. The first kappa shape index (κ1) is 19.4. The maximum atomic E-state index is 12.8. The summed E-state index contributed by atoms with van der Waals surface area (Å²) in [6, 6.07) is 11.5. The third kappa shape index (κ3) is 3.83. The molecule has 3 aromatic rings. The minimum Gasteiger partial charge on any atom is -0.489 e. The fraction of sp³-hybridized carbons (Fsp3) is 0.200. The van der Waals surface area contributed by atoms with Crippen molar-refractivity contribution in [2.24, 2.45) is 0 Å². The Morgan fingerprint density at radius 1 is 1.14 bits per heavy atom. The van der Waals surface area contributed by atoms with Crippen LogP contribution in [0.1, 0.15) is 35.7 Å². The summed E-state index contributed by atoms with van der Waals surface area (Å²) >= 11 is 1.19. The van der Waals surface area contributed by atoms with Gasteiger partial charge in [-0.15, -0.1) is 11.3 Å². The second-order valence-electron chi connectivity index (χ2n) is 6.76. The molecule has 0 aliphatic carbocycles. The molecule has 2 atom stereocenters. The van der Waals surface area contributed by atoms with Gasteiger partial charge in [0.2, 0.25) is 0 Å². The number of para-hydroxylation sites is 1. The number of sulfonamides is 1. The van der Waals surface area contributed by atoms with E-state index in [9.17, 15) is 13.2 Å². The maximum absolute atomic E-state index is 12.8. The van der Waals surface area contributed by atoms with Crippen LogP contribution in [-0.2, 0) is 10.0 Å². The van der Waals surface area contributed by atoms with Crippen molar-refractivity contribution in [3.8, 4) is 5.75 Å². The molecule has 0 fully saturated rings. The Morgan fingerprint density at radius 3 is 2.59 bits per heavy atom. The van der Waals surface area contributed by atoms with Gasteiger partial charge in [0, 0.05) is 28.7 Å². The van der Waals surface area contributed by atoms with Crippen molar-refractivity contribution in [1.82, 2.24) is 4.98 Å². The van der Waals surface area contributed by atoms with Gasteiger partial charge in [0.05, 0.1) is 10.5 Å². The first-order chi connectivity index (χ1) is 13.8. The fourth-order valence-electron chi connectivity index (χ4n) is 3.13. The summed E-state index contributed by atoms with van der Waals surface area (Å²) < 4.78 is 33.1. The number of nitrogens with zero attached hydrogens (tertiary/aromatic N) is 1. The molecule has 0 radical (unpaired) electrons. The number of thiazole rings is 1. The van der Waals surface area contributed by atoms with Crippen molar-refractivity contribution < 1.29 is 17.9 Å². The van der Waals surface area contributed by atoms with E-state index in [-0.39, 0.29) is 22.8 Å². The van der Waals surface area contributed by atoms with Crippen LogP contribution in [0.2, 0.25) is 0 Å².